The van der Waals surface area contributed by atoms with Gasteiger partial charge in [-0.25, -0.2) is 23.3 Å². The number of imide groups is 1. The van der Waals surface area contributed by atoms with E-state index in [0.29, 0.717) is 33.8 Å². The number of alkyl halides is 3. The first kappa shape index (κ1) is 35.3. The Labute approximate surface area is 272 Å². The number of nitrogens with zero attached hydrogens (tertiary/aromatic N) is 3. The summed E-state index contributed by atoms with van der Waals surface area (Å²) in [5.41, 5.74) is -2.66. The highest BCUT2D eigenvalue weighted by atomic mass is 19.4. The fourth-order valence-electron chi connectivity index (χ4n) is 4.90. The number of amidine groups is 1. The van der Waals surface area contributed by atoms with Gasteiger partial charge in [-0.1, -0.05) is 12.1 Å². The normalized spacial score (nSPS) is 14.8. The van der Waals surface area contributed by atoms with E-state index in [4.69, 9.17) is 10.1 Å². The fraction of sp³-hybridized carbons (Fsp3) is 0.250. The van der Waals surface area contributed by atoms with Gasteiger partial charge in [0.1, 0.15) is 17.2 Å². The molecule has 4 N–H and O–H groups in total. The minimum absolute atomic E-state index is 0.00909. The molecule has 254 valence electrons. The van der Waals surface area contributed by atoms with E-state index in [-0.39, 0.29) is 18.0 Å². The molecule has 0 aromatic heterocycles. The summed E-state index contributed by atoms with van der Waals surface area (Å²) < 4.78 is 77.4. The molecule has 3 aromatic rings. The molecule has 0 radical (unpaired) electrons. The molecule has 3 aromatic carbocycles. The number of rotatable bonds is 10. The lowest BCUT2D eigenvalue weighted by Gasteiger charge is -2.37. The summed E-state index contributed by atoms with van der Waals surface area (Å²) in [7, 11) is 4.42. The van der Waals surface area contributed by atoms with Gasteiger partial charge in [-0.3, -0.25) is 15.1 Å². The van der Waals surface area contributed by atoms with E-state index in [1.807, 2.05) is 0 Å². The van der Waals surface area contributed by atoms with Crippen molar-refractivity contribution in [3.05, 3.63) is 94.7 Å². The van der Waals surface area contributed by atoms with Crippen LogP contribution in [0.1, 0.15) is 18.1 Å². The first-order chi connectivity index (χ1) is 22.7. The van der Waals surface area contributed by atoms with Crippen LogP contribution in [0.15, 0.2) is 71.9 Å². The third-order valence-electron chi connectivity index (χ3n) is 7.04. The molecule has 16 heteroatoms. The highest BCUT2D eigenvalue weighted by molar-refractivity contribution is 6.38. The quantitative estimate of drug-likeness (QED) is 0.154. The number of ether oxygens (including phenoxy) is 1. The number of halogens is 5. The Morgan fingerprint density at radius 3 is 2.17 bits per heavy atom. The van der Waals surface area contributed by atoms with Crippen molar-refractivity contribution in [1.82, 2.24) is 15.1 Å². The number of methoxy groups -OCH3 is 1. The molecule has 11 nitrogen and oxygen atoms in total. The average Bonchev–Trinajstić information content (AvgIpc) is 3.01. The van der Waals surface area contributed by atoms with Crippen LogP contribution in [0.25, 0.3) is 0 Å². The number of hydrogen-bond acceptors (Lipinski definition) is 7. The number of hydrogen-bond donors (Lipinski definition) is 4. The predicted molar refractivity (Wildman–Crippen MR) is 169 cm³/mol. The van der Waals surface area contributed by atoms with Crippen LogP contribution in [0.2, 0.25) is 0 Å². The summed E-state index contributed by atoms with van der Waals surface area (Å²) in [6.45, 7) is 0.956. The summed E-state index contributed by atoms with van der Waals surface area (Å²) in [4.78, 5) is 42.4. The maximum absolute atomic E-state index is 15.6. The van der Waals surface area contributed by atoms with Crippen molar-refractivity contribution in [2.75, 3.05) is 49.8 Å². The van der Waals surface area contributed by atoms with E-state index in [1.165, 1.54) is 12.1 Å². The summed E-state index contributed by atoms with van der Waals surface area (Å²) in [6.07, 6.45) is -5.03. The van der Waals surface area contributed by atoms with Crippen LogP contribution in [-0.2, 0) is 17.5 Å². The third-order valence-corrected chi connectivity index (χ3v) is 7.04. The van der Waals surface area contributed by atoms with Crippen molar-refractivity contribution in [3.63, 3.8) is 0 Å². The van der Waals surface area contributed by atoms with E-state index in [2.05, 4.69) is 16.0 Å². The van der Waals surface area contributed by atoms with Crippen molar-refractivity contribution >= 4 is 40.9 Å². The number of nitrogens with one attached hydrogen (secondary N) is 4. The van der Waals surface area contributed by atoms with Gasteiger partial charge >= 0.3 is 18.2 Å². The number of likely N-dealkylation sites (N-methyl/N-ethyl adjacent to an activating group) is 1. The second-order valence-electron chi connectivity index (χ2n) is 10.7. The SMILES string of the molecule is CCNC(=O)Nc1ccc(N/C(CN(C)C)=C2\C(=N)N(Cc3c(F)cccc3C(F)(F)F)C(=O)N(c3cccc(OC)c3F)C2=O)cc1. The van der Waals surface area contributed by atoms with E-state index < -0.39 is 70.5 Å². The smallest absolute Gasteiger partial charge is 0.416 e. The van der Waals surface area contributed by atoms with E-state index in [0.717, 1.165) is 25.3 Å². The van der Waals surface area contributed by atoms with Crippen LogP contribution in [0, 0.1) is 17.0 Å². The highest BCUT2D eigenvalue weighted by Gasteiger charge is 2.45. The zero-order chi connectivity index (χ0) is 35.3. The maximum atomic E-state index is 15.6. The molecule has 0 aliphatic carbocycles. The topological polar surface area (TPSA) is 130 Å². The van der Waals surface area contributed by atoms with E-state index in [1.54, 1.807) is 50.2 Å². The lowest BCUT2D eigenvalue weighted by atomic mass is 10.0. The van der Waals surface area contributed by atoms with Gasteiger partial charge in [-0.2, -0.15) is 13.2 Å². The van der Waals surface area contributed by atoms with Crippen LogP contribution in [0.3, 0.4) is 0 Å². The molecular formula is C32H32F5N7O4. The van der Waals surface area contributed by atoms with E-state index >= 15 is 4.39 Å². The molecule has 0 atom stereocenters. The summed E-state index contributed by atoms with van der Waals surface area (Å²) in [6, 6.07) is 10.2. The third kappa shape index (κ3) is 7.54. The van der Waals surface area contributed by atoms with Gasteiger partial charge < -0.3 is 25.6 Å². The summed E-state index contributed by atoms with van der Waals surface area (Å²) in [5.74, 6) is -4.79. The van der Waals surface area contributed by atoms with Crippen molar-refractivity contribution in [3.8, 4) is 5.75 Å². The standard InChI is InChI=1S/C32H32F5N7O4/c1-5-39-30(46)41-19-14-12-18(13-15-19)40-23(17-42(2)3)26-28(38)43(16-20-21(32(35,36)37)8-6-9-22(20)33)31(47)44(29(26)45)24-10-7-11-25(48-4)27(24)34/h6-15,38,40H,5,16-17H2,1-4H3,(H2,39,41,46)/b26-23+,38-28?. The lowest BCUT2D eigenvalue weighted by molar-refractivity contribution is -0.138. The number of anilines is 3. The lowest BCUT2D eigenvalue weighted by Crippen LogP contribution is -2.57. The van der Waals surface area contributed by atoms with Crippen molar-refractivity contribution < 1.29 is 41.1 Å². The Morgan fingerprint density at radius 1 is 0.958 bits per heavy atom. The van der Waals surface area contributed by atoms with Gasteiger partial charge in [0, 0.05) is 35.7 Å². The average molecular weight is 674 g/mol. The highest BCUT2D eigenvalue weighted by Crippen LogP contribution is 2.37. The molecule has 0 saturated carbocycles. The molecule has 0 bridgehead atoms. The fourth-order valence-corrected chi connectivity index (χ4v) is 4.90. The zero-order valence-electron chi connectivity index (χ0n) is 26.3. The molecule has 1 heterocycles. The minimum atomic E-state index is -5.03. The molecule has 0 unspecified atom stereocenters. The maximum Gasteiger partial charge on any atom is 0.416 e. The minimum Gasteiger partial charge on any atom is -0.494 e. The molecule has 1 aliphatic rings. The Bertz CT molecular complexity index is 1760. The number of amides is 5. The Kier molecular flexibility index (Phi) is 10.7. The largest absolute Gasteiger partial charge is 0.494 e. The van der Waals surface area contributed by atoms with Crippen molar-refractivity contribution in [1.29, 1.82) is 5.41 Å². The van der Waals surface area contributed by atoms with Gasteiger partial charge in [-0.05, 0) is 69.6 Å². The Morgan fingerprint density at radius 2 is 1.58 bits per heavy atom. The first-order valence-corrected chi connectivity index (χ1v) is 14.4. The molecule has 48 heavy (non-hydrogen) atoms. The second-order valence-corrected chi connectivity index (χ2v) is 10.7. The summed E-state index contributed by atoms with van der Waals surface area (Å²) >= 11 is 0. The number of carbonyl (C=O) groups excluding carboxylic acids is 3. The van der Waals surface area contributed by atoms with Crippen LogP contribution in [0.5, 0.6) is 5.75 Å². The first-order valence-electron chi connectivity index (χ1n) is 14.4. The van der Waals surface area contributed by atoms with Crippen molar-refractivity contribution in [2.45, 2.75) is 19.6 Å². The molecule has 5 amide bonds. The Hall–Kier alpha value is -5.51. The number of carbonyl (C=O) groups is 3. The van der Waals surface area contributed by atoms with Crippen LogP contribution < -0.4 is 25.6 Å². The van der Waals surface area contributed by atoms with Gasteiger partial charge in [0.25, 0.3) is 5.91 Å². The summed E-state index contributed by atoms with van der Waals surface area (Å²) in [5, 5.41) is 17.2. The second kappa shape index (κ2) is 14.5. The molecule has 1 saturated heterocycles. The van der Waals surface area contributed by atoms with Gasteiger partial charge in [0.05, 0.1) is 24.9 Å². The molecule has 4 rings (SSSR count). The molecular weight excluding hydrogens is 641 g/mol. The van der Waals surface area contributed by atoms with Crippen LogP contribution in [-0.4, -0.2) is 67.9 Å². The number of urea groups is 2. The monoisotopic (exact) mass is 673 g/mol. The van der Waals surface area contributed by atoms with Crippen LogP contribution >= 0.6 is 0 Å². The van der Waals surface area contributed by atoms with Gasteiger partial charge in [0.15, 0.2) is 11.6 Å². The zero-order valence-corrected chi connectivity index (χ0v) is 26.3. The van der Waals surface area contributed by atoms with Crippen molar-refractivity contribution in [2.24, 2.45) is 0 Å². The molecule has 0 spiro atoms. The Balaban J connectivity index is 1.88. The molecule has 1 fully saturated rings. The van der Waals surface area contributed by atoms with Gasteiger partial charge in [-0.15, -0.1) is 0 Å². The van der Waals surface area contributed by atoms with Gasteiger partial charge in [0.2, 0.25) is 0 Å². The molecule has 1 aliphatic heterocycles. The van der Waals surface area contributed by atoms with E-state index in [9.17, 15) is 31.9 Å². The van der Waals surface area contributed by atoms with Crippen LogP contribution in [0.4, 0.5) is 48.6 Å². The predicted octanol–water partition coefficient (Wildman–Crippen LogP) is 6.01. The number of benzene rings is 3.